The molecule has 2 aromatic rings. The SMILES string of the molecule is COC(=O)c1cncnc1Oc1ccc(SC)cc1. The Morgan fingerprint density at radius 1 is 1.26 bits per heavy atom. The van der Waals surface area contributed by atoms with Crippen molar-refractivity contribution in [2.45, 2.75) is 4.90 Å². The molecule has 1 aromatic carbocycles. The minimum atomic E-state index is -0.531. The first-order valence-electron chi connectivity index (χ1n) is 5.45. The first-order valence-corrected chi connectivity index (χ1v) is 6.67. The highest BCUT2D eigenvalue weighted by molar-refractivity contribution is 7.98. The molecule has 0 N–H and O–H groups in total. The van der Waals surface area contributed by atoms with Crippen molar-refractivity contribution < 1.29 is 14.3 Å². The molecule has 5 nitrogen and oxygen atoms in total. The second-order valence-electron chi connectivity index (χ2n) is 3.51. The van der Waals surface area contributed by atoms with Gasteiger partial charge in [0.15, 0.2) is 0 Å². The average molecular weight is 276 g/mol. The van der Waals surface area contributed by atoms with Crippen LogP contribution in [-0.4, -0.2) is 29.3 Å². The number of benzene rings is 1. The zero-order valence-corrected chi connectivity index (χ0v) is 11.3. The summed E-state index contributed by atoms with van der Waals surface area (Å²) in [7, 11) is 1.30. The summed E-state index contributed by atoms with van der Waals surface area (Å²) in [4.78, 5) is 20.4. The largest absolute Gasteiger partial charge is 0.465 e. The van der Waals surface area contributed by atoms with Gasteiger partial charge >= 0.3 is 5.97 Å². The molecule has 0 saturated heterocycles. The highest BCUT2D eigenvalue weighted by Crippen LogP contribution is 2.25. The fourth-order valence-corrected chi connectivity index (χ4v) is 1.81. The Hall–Kier alpha value is -2.08. The van der Waals surface area contributed by atoms with Crippen molar-refractivity contribution in [2.24, 2.45) is 0 Å². The predicted octanol–water partition coefficient (Wildman–Crippen LogP) is 2.78. The van der Waals surface area contributed by atoms with Gasteiger partial charge in [-0.05, 0) is 30.5 Å². The first-order chi connectivity index (χ1) is 9.24. The summed E-state index contributed by atoms with van der Waals surface area (Å²) in [5.74, 6) is 0.247. The summed E-state index contributed by atoms with van der Waals surface area (Å²) in [5.41, 5.74) is 0.193. The van der Waals surface area contributed by atoms with Gasteiger partial charge in [0.1, 0.15) is 17.6 Å². The zero-order valence-electron chi connectivity index (χ0n) is 10.5. The van der Waals surface area contributed by atoms with Gasteiger partial charge in [-0.15, -0.1) is 11.8 Å². The fraction of sp³-hybridized carbons (Fsp3) is 0.154. The van der Waals surface area contributed by atoms with E-state index in [4.69, 9.17) is 4.74 Å². The van der Waals surface area contributed by atoms with Gasteiger partial charge in [-0.1, -0.05) is 0 Å². The third kappa shape index (κ3) is 3.23. The van der Waals surface area contributed by atoms with Crippen molar-refractivity contribution >= 4 is 17.7 Å². The van der Waals surface area contributed by atoms with Crippen molar-refractivity contribution in [3.8, 4) is 11.6 Å². The number of hydrogen-bond donors (Lipinski definition) is 0. The Kier molecular flexibility index (Phi) is 4.35. The Labute approximate surface area is 115 Å². The third-order valence-electron chi connectivity index (χ3n) is 2.35. The minimum Gasteiger partial charge on any atom is -0.465 e. The summed E-state index contributed by atoms with van der Waals surface area (Å²) in [6, 6.07) is 7.49. The molecule has 0 unspecified atom stereocenters. The zero-order chi connectivity index (χ0) is 13.7. The molecule has 0 atom stereocenters. The molecule has 1 heterocycles. The van der Waals surface area contributed by atoms with Gasteiger partial charge in [0.25, 0.3) is 0 Å². The summed E-state index contributed by atoms with van der Waals surface area (Å²) >= 11 is 1.64. The maximum atomic E-state index is 11.5. The number of rotatable bonds is 4. The highest BCUT2D eigenvalue weighted by Gasteiger charge is 2.15. The minimum absolute atomic E-state index is 0.179. The number of carbonyl (C=O) groups is 1. The van der Waals surface area contributed by atoms with E-state index in [1.54, 1.807) is 11.8 Å². The van der Waals surface area contributed by atoms with Crippen LogP contribution in [-0.2, 0) is 4.74 Å². The summed E-state index contributed by atoms with van der Waals surface area (Å²) in [6.45, 7) is 0. The first kappa shape index (κ1) is 13.4. The summed E-state index contributed by atoms with van der Waals surface area (Å²) < 4.78 is 10.2. The maximum absolute atomic E-state index is 11.5. The van der Waals surface area contributed by atoms with Gasteiger partial charge in [0.2, 0.25) is 5.88 Å². The average Bonchev–Trinajstić information content (AvgIpc) is 2.48. The Balaban J connectivity index is 2.25. The number of ether oxygens (including phenoxy) is 2. The lowest BCUT2D eigenvalue weighted by atomic mass is 10.3. The Bertz CT molecular complexity index is 572. The normalized spacial score (nSPS) is 10.0. The molecule has 0 saturated carbocycles. The maximum Gasteiger partial charge on any atom is 0.345 e. The van der Waals surface area contributed by atoms with Crippen LogP contribution in [0.25, 0.3) is 0 Å². The van der Waals surface area contributed by atoms with Crippen LogP contribution in [0.2, 0.25) is 0 Å². The van der Waals surface area contributed by atoms with Crippen molar-refractivity contribution in [1.29, 1.82) is 0 Å². The van der Waals surface area contributed by atoms with Gasteiger partial charge in [0.05, 0.1) is 7.11 Å². The quantitative estimate of drug-likeness (QED) is 0.632. The van der Waals surface area contributed by atoms with Gasteiger partial charge < -0.3 is 9.47 Å². The fourth-order valence-electron chi connectivity index (χ4n) is 1.41. The van der Waals surface area contributed by atoms with E-state index < -0.39 is 5.97 Å². The number of carbonyl (C=O) groups excluding carboxylic acids is 1. The van der Waals surface area contributed by atoms with E-state index in [2.05, 4.69) is 14.7 Å². The summed E-state index contributed by atoms with van der Waals surface area (Å²) in [6.07, 6.45) is 4.68. The van der Waals surface area contributed by atoms with Gasteiger partial charge in [0, 0.05) is 11.1 Å². The van der Waals surface area contributed by atoms with E-state index in [0.29, 0.717) is 5.75 Å². The molecule has 6 heteroatoms. The van der Waals surface area contributed by atoms with Crippen LogP contribution in [0.1, 0.15) is 10.4 Å². The Morgan fingerprint density at radius 2 is 2.00 bits per heavy atom. The van der Waals surface area contributed by atoms with Gasteiger partial charge in [-0.2, -0.15) is 0 Å². The lowest BCUT2D eigenvalue weighted by Gasteiger charge is -2.08. The van der Waals surface area contributed by atoms with Crippen LogP contribution in [0.5, 0.6) is 11.6 Å². The van der Waals surface area contributed by atoms with Crippen molar-refractivity contribution in [3.63, 3.8) is 0 Å². The van der Waals surface area contributed by atoms with Gasteiger partial charge in [-0.3, -0.25) is 0 Å². The lowest BCUT2D eigenvalue weighted by molar-refractivity contribution is 0.0596. The van der Waals surface area contributed by atoms with Crippen LogP contribution < -0.4 is 4.74 Å². The van der Waals surface area contributed by atoms with Crippen LogP contribution in [0.3, 0.4) is 0 Å². The van der Waals surface area contributed by atoms with Crippen LogP contribution in [0.4, 0.5) is 0 Å². The summed E-state index contributed by atoms with van der Waals surface area (Å²) in [5, 5.41) is 0. The van der Waals surface area contributed by atoms with Crippen molar-refractivity contribution in [3.05, 3.63) is 42.4 Å². The van der Waals surface area contributed by atoms with Crippen LogP contribution >= 0.6 is 11.8 Å². The number of esters is 1. The van der Waals surface area contributed by atoms with E-state index in [1.165, 1.54) is 19.6 Å². The third-order valence-corrected chi connectivity index (χ3v) is 3.10. The molecular formula is C13H12N2O3S. The van der Waals surface area contributed by atoms with Crippen LogP contribution in [0, 0.1) is 0 Å². The number of hydrogen-bond acceptors (Lipinski definition) is 6. The predicted molar refractivity (Wildman–Crippen MR) is 71.7 cm³/mol. The molecule has 0 aliphatic carbocycles. The lowest BCUT2D eigenvalue weighted by Crippen LogP contribution is -2.05. The molecule has 19 heavy (non-hydrogen) atoms. The molecule has 0 aliphatic rings. The molecular weight excluding hydrogens is 264 g/mol. The number of aromatic nitrogens is 2. The van der Waals surface area contributed by atoms with E-state index in [-0.39, 0.29) is 11.4 Å². The van der Waals surface area contributed by atoms with E-state index in [1.807, 2.05) is 30.5 Å². The second-order valence-corrected chi connectivity index (χ2v) is 4.39. The van der Waals surface area contributed by atoms with Crippen molar-refractivity contribution in [1.82, 2.24) is 9.97 Å². The van der Waals surface area contributed by atoms with E-state index >= 15 is 0 Å². The number of thioether (sulfide) groups is 1. The molecule has 0 spiro atoms. The molecule has 0 amide bonds. The van der Waals surface area contributed by atoms with E-state index in [0.717, 1.165) is 4.90 Å². The molecule has 2 rings (SSSR count). The molecule has 0 bridgehead atoms. The smallest absolute Gasteiger partial charge is 0.345 e. The highest BCUT2D eigenvalue weighted by atomic mass is 32.2. The topological polar surface area (TPSA) is 61.3 Å². The van der Waals surface area contributed by atoms with Gasteiger partial charge in [-0.25, -0.2) is 14.8 Å². The monoisotopic (exact) mass is 276 g/mol. The molecule has 0 aliphatic heterocycles. The van der Waals surface area contributed by atoms with Crippen LogP contribution in [0.15, 0.2) is 41.7 Å². The number of nitrogens with zero attached hydrogens (tertiary/aromatic N) is 2. The molecule has 0 fully saturated rings. The number of methoxy groups -OCH3 is 1. The molecule has 0 radical (unpaired) electrons. The van der Waals surface area contributed by atoms with E-state index in [9.17, 15) is 4.79 Å². The molecule has 98 valence electrons. The molecule has 1 aromatic heterocycles. The Morgan fingerprint density at radius 3 is 2.63 bits per heavy atom. The standard InChI is InChI=1S/C13H12N2O3S/c1-17-13(16)11-7-14-8-15-12(11)18-9-3-5-10(19-2)6-4-9/h3-8H,1-2H3. The van der Waals surface area contributed by atoms with Crippen molar-refractivity contribution in [2.75, 3.05) is 13.4 Å². The second kappa shape index (κ2) is 6.19.